The number of aromatic nitrogens is 1. The normalized spacial score (nSPS) is 20.8. The number of piperidine rings is 1. The highest BCUT2D eigenvalue weighted by Crippen LogP contribution is 2.23. The van der Waals surface area contributed by atoms with E-state index in [0.29, 0.717) is 10.9 Å². The fraction of sp³-hybridized carbons (Fsp3) is 0.545. The third-order valence-corrected chi connectivity index (χ3v) is 3.58. The Bertz CT molecular complexity index is 353. The summed E-state index contributed by atoms with van der Waals surface area (Å²) in [5.41, 5.74) is 0. The van der Waals surface area contributed by atoms with E-state index in [1.54, 1.807) is 6.20 Å². The largest absolute Gasteiger partial charge is 0.369 e. The fourth-order valence-corrected chi connectivity index (χ4v) is 2.66. The van der Waals surface area contributed by atoms with Crippen LogP contribution in [0, 0.1) is 5.92 Å². The maximum absolute atomic E-state index is 5.84. The highest BCUT2D eigenvalue weighted by Gasteiger charge is 2.13. The third-order valence-electron chi connectivity index (χ3n) is 2.76. The Balaban J connectivity index is 1.88. The van der Waals surface area contributed by atoms with Gasteiger partial charge in [-0.05, 0) is 53.8 Å². The molecule has 2 N–H and O–H groups in total. The van der Waals surface area contributed by atoms with Crippen LogP contribution >= 0.6 is 27.5 Å². The van der Waals surface area contributed by atoms with Gasteiger partial charge < -0.3 is 10.6 Å². The van der Waals surface area contributed by atoms with Gasteiger partial charge in [0.25, 0.3) is 0 Å². The average Bonchev–Trinajstić information content (AvgIpc) is 2.29. The standard InChI is InChI=1S/C11H15BrClN3/c12-10-4-9(13)7-16-11(10)15-6-8-2-1-3-14-5-8/h4,7-8,14H,1-3,5-6H2,(H,15,16). The lowest BCUT2D eigenvalue weighted by molar-refractivity contribution is 0.392. The summed E-state index contributed by atoms with van der Waals surface area (Å²) in [5, 5.41) is 7.40. The van der Waals surface area contributed by atoms with E-state index < -0.39 is 0 Å². The number of nitrogens with one attached hydrogen (secondary N) is 2. The van der Waals surface area contributed by atoms with Gasteiger partial charge in [0.05, 0.1) is 9.50 Å². The van der Waals surface area contributed by atoms with Crippen LogP contribution in [-0.2, 0) is 0 Å². The summed E-state index contributed by atoms with van der Waals surface area (Å²) in [5.74, 6) is 1.56. The number of nitrogens with zero attached hydrogens (tertiary/aromatic N) is 1. The van der Waals surface area contributed by atoms with Crippen molar-refractivity contribution in [2.24, 2.45) is 5.92 Å². The smallest absolute Gasteiger partial charge is 0.140 e. The molecule has 0 aliphatic carbocycles. The summed E-state index contributed by atoms with van der Waals surface area (Å²) in [6.45, 7) is 3.21. The van der Waals surface area contributed by atoms with Crippen molar-refractivity contribution < 1.29 is 0 Å². The lowest BCUT2D eigenvalue weighted by atomic mass is 10.00. The van der Waals surface area contributed by atoms with Crippen molar-refractivity contribution in [1.82, 2.24) is 10.3 Å². The summed E-state index contributed by atoms with van der Waals surface area (Å²) >= 11 is 9.28. The van der Waals surface area contributed by atoms with Crippen LogP contribution in [0.2, 0.25) is 5.02 Å². The van der Waals surface area contributed by atoms with E-state index >= 15 is 0 Å². The van der Waals surface area contributed by atoms with Gasteiger partial charge in [0.1, 0.15) is 5.82 Å². The van der Waals surface area contributed by atoms with Gasteiger partial charge >= 0.3 is 0 Å². The molecule has 2 heterocycles. The molecule has 1 atom stereocenters. The summed E-state index contributed by atoms with van der Waals surface area (Å²) in [7, 11) is 0. The van der Waals surface area contributed by atoms with Crippen LogP contribution < -0.4 is 10.6 Å². The van der Waals surface area contributed by atoms with Gasteiger partial charge in [-0.2, -0.15) is 0 Å². The second-order valence-electron chi connectivity index (χ2n) is 4.08. The van der Waals surface area contributed by atoms with Gasteiger partial charge in [-0.25, -0.2) is 4.98 Å². The predicted octanol–water partition coefficient (Wildman–Crippen LogP) is 2.91. The molecule has 0 bridgehead atoms. The van der Waals surface area contributed by atoms with Crippen molar-refractivity contribution in [2.45, 2.75) is 12.8 Å². The molecule has 0 spiro atoms. The number of halogens is 2. The Morgan fingerprint density at radius 2 is 2.50 bits per heavy atom. The molecular formula is C11H15BrClN3. The summed E-state index contributed by atoms with van der Waals surface area (Å²) in [4.78, 5) is 4.25. The first kappa shape index (κ1) is 12.1. The first-order valence-corrected chi connectivity index (χ1v) is 6.68. The van der Waals surface area contributed by atoms with Crippen molar-refractivity contribution in [3.63, 3.8) is 0 Å². The molecule has 1 aliphatic rings. The minimum absolute atomic E-state index is 0.650. The molecule has 1 aliphatic heterocycles. The molecule has 1 unspecified atom stereocenters. The van der Waals surface area contributed by atoms with Crippen molar-refractivity contribution in [3.05, 3.63) is 21.8 Å². The Kier molecular flexibility index (Phi) is 4.44. The van der Waals surface area contributed by atoms with Crippen LogP contribution in [0.25, 0.3) is 0 Å². The zero-order chi connectivity index (χ0) is 11.4. The quantitative estimate of drug-likeness (QED) is 0.901. The molecule has 0 amide bonds. The van der Waals surface area contributed by atoms with E-state index in [0.717, 1.165) is 29.9 Å². The molecule has 1 saturated heterocycles. The minimum atomic E-state index is 0.650. The van der Waals surface area contributed by atoms with Gasteiger partial charge in [0.2, 0.25) is 0 Å². The molecular weight excluding hydrogens is 289 g/mol. The maximum Gasteiger partial charge on any atom is 0.140 e. The lowest BCUT2D eigenvalue weighted by Gasteiger charge is -2.23. The van der Waals surface area contributed by atoms with E-state index in [4.69, 9.17) is 11.6 Å². The van der Waals surface area contributed by atoms with E-state index in [2.05, 4.69) is 31.5 Å². The Morgan fingerprint density at radius 1 is 1.62 bits per heavy atom. The van der Waals surface area contributed by atoms with E-state index in [1.807, 2.05) is 6.07 Å². The monoisotopic (exact) mass is 303 g/mol. The fourth-order valence-electron chi connectivity index (χ4n) is 1.88. The molecule has 1 aromatic rings. The number of hydrogen-bond donors (Lipinski definition) is 2. The van der Waals surface area contributed by atoms with Gasteiger partial charge in [-0.1, -0.05) is 11.6 Å². The predicted molar refractivity (Wildman–Crippen MR) is 71.0 cm³/mol. The average molecular weight is 305 g/mol. The van der Waals surface area contributed by atoms with Gasteiger partial charge in [0.15, 0.2) is 0 Å². The second-order valence-corrected chi connectivity index (χ2v) is 5.37. The van der Waals surface area contributed by atoms with Crippen LogP contribution in [0.4, 0.5) is 5.82 Å². The zero-order valence-corrected chi connectivity index (χ0v) is 11.3. The highest BCUT2D eigenvalue weighted by atomic mass is 79.9. The molecule has 16 heavy (non-hydrogen) atoms. The van der Waals surface area contributed by atoms with E-state index in [9.17, 15) is 0 Å². The molecule has 0 aromatic carbocycles. The molecule has 3 nitrogen and oxygen atoms in total. The Morgan fingerprint density at radius 3 is 3.19 bits per heavy atom. The lowest BCUT2D eigenvalue weighted by Crippen LogP contribution is -2.33. The summed E-state index contributed by atoms with van der Waals surface area (Å²) in [6.07, 6.45) is 4.21. The topological polar surface area (TPSA) is 37.0 Å². The number of anilines is 1. The van der Waals surface area contributed by atoms with Gasteiger partial charge in [-0.15, -0.1) is 0 Å². The number of rotatable bonds is 3. The first-order chi connectivity index (χ1) is 7.75. The molecule has 0 saturated carbocycles. The zero-order valence-electron chi connectivity index (χ0n) is 8.97. The van der Waals surface area contributed by atoms with Crippen LogP contribution in [-0.4, -0.2) is 24.6 Å². The third kappa shape index (κ3) is 3.34. The van der Waals surface area contributed by atoms with Crippen molar-refractivity contribution in [2.75, 3.05) is 25.0 Å². The Hall–Kier alpha value is -0.320. The van der Waals surface area contributed by atoms with Crippen LogP contribution in [0.1, 0.15) is 12.8 Å². The van der Waals surface area contributed by atoms with Crippen molar-refractivity contribution >= 4 is 33.3 Å². The van der Waals surface area contributed by atoms with Crippen molar-refractivity contribution in [1.29, 1.82) is 0 Å². The molecule has 1 aromatic heterocycles. The Labute approximate surface area is 109 Å². The van der Waals surface area contributed by atoms with Crippen molar-refractivity contribution in [3.8, 4) is 0 Å². The van der Waals surface area contributed by atoms with Crippen LogP contribution in [0.3, 0.4) is 0 Å². The van der Waals surface area contributed by atoms with E-state index in [1.165, 1.54) is 12.8 Å². The first-order valence-electron chi connectivity index (χ1n) is 5.51. The van der Waals surface area contributed by atoms with Crippen LogP contribution in [0.5, 0.6) is 0 Å². The minimum Gasteiger partial charge on any atom is -0.369 e. The highest BCUT2D eigenvalue weighted by molar-refractivity contribution is 9.10. The maximum atomic E-state index is 5.84. The van der Waals surface area contributed by atoms with E-state index in [-0.39, 0.29) is 0 Å². The molecule has 5 heteroatoms. The van der Waals surface area contributed by atoms with Gasteiger partial charge in [-0.3, -0.25) is 0 Å². The number of pyridine rings is 1. The van der Waals surface area contributed by atoms with Crippen LogP contribution in [0.15, 0.2) is 16.7 Å². The molecule has 1 fully saturated rings. The molecule has 88 valence electrons. The second kappa shape index (κ2) is 5.84. The molecule has 0 radical (unpaired) electrons. The summed E-state index contributed by atoms with van der Waals surface area (Å²) in [6, 6.07) is 1.86. The van der Waals surface area contributed by atoms with Gasteiger partial charge in [0, 0.05) is 12.7 Å². The number of hydrogen-bond acceptors (Lipinski definition) is 3. The SMILES string of the molecule is Clc1cnc(NCC2CCCNC2)c(Br)c1. The molecule has 2 rings (SSSR count). The summed E-state index contributed by atoms with van der Waals surface area (Å²) < 4.78 is 0.920.